The van der Waals surface area contributed by atoms with Crippen LogP contribution >= 0.6 is 23.1 Å². The van der Waals surface area contributed by atoms with Gasteiger partial charge in [0, 0.05) is 54.5 Å². The summed E-state index contributed by atoms with van der Waals surface area (Å²) in [6.45, 7) is 6.95. The lowest BCUT2D eigenvalue weighted by Gasteiger charge is -2.34. The molecule has 214 valence electrons. The molecule has 0 saturated carbocycles. The maximum absolute atomic E-state index is 14.1. The van der Waals surface area contributed by atoms with Crippen molar-refractivity contribution in [1.29, 1.82) is 0 Å². The van der Waals surface area contributed by atoms with Crippen LogP contribution in [0.3, 0.4) is 0 Å². The standard InChI is InChI=1S/C29H31N5O5S2/c1-5-39-28(36)25-18(2)30-29-33(26(25)19-6-9-22(40-4)10-7-19)27(35)24(41-29)17-20-16-21(34(37)38)8-11-23(20)32-14-12-31(3)13-15-32/h6-11,16-17,26H,5,12-15H2,1-4H3. The second kappa shape index (κ2) is 12.0. The van der Waals surface area contributed by atoms with Crippen LogP contribution in [0.2, 0.25) is 0 Å². The number of nitro groups is 1. The average Bonchev–Trinajstić information content (AvgIpc) is 3.26. The molecule has 0 radical (unpaired) electrons. The fourth-order valence-corrected chi connectivity index (χ4v) is 6.59. The Morgan fingerprint density at radius 1 is 1.20 bits per heavy atom. The number of fused-ring (bicyclic) bond motifs is 1. The molecule has 0 spiro atoms. The molecule has 0 bridgehead atoms. The van der Waals surface area contributed by atoms with Gasteiger partial charge in [0.25, 0.3) is 11.2 Å². The summed E-state index contributed by atoms with van der Waals surface area (Å²) in [5.74, 6) is -0.516. The number of thioether (sulfide) groups is 1. The van der Waals surface area contributed by atoms with E-state index in [4.69, 9.17) is 4.74 Å². The molecular formula is C29H31N5O5S2. The number of esters is 1. The number of non-ortho nitro benzene ring substituents is 1. The highest BCUT2D eigenvalue weighted by atomic mass is 32.2. The van der Waals surface area contributed by atoms with Crippen molar-refractivity contribution in [2.24, 2.45) is 4.99 Å². The van der Waals surface area contributed by atoms with Gasteiger partial charge in [-0.1, -0.05) is 23.5 Å². The normalized spacial score (nSPS) is 17.8. The third-order valence-electron chi connectivity index (χ3n) is 7.30. The van der Waals surface area contributed by atoms with Crippen LogP contribution in [-0.4, -0.2) is 66.4 Å². The van der Waals surface area contributed by atoms with Crippen LogP contribution in [0.4, 0.5) is 11.4 Å². The van der Waals surface area contributed by atoms with E-state index in [1.54, 1.807) is 37.8 Å². The maximum Gasteiger partial charge on any atom is 0.338 e. The Morgan fingerprint density at radius 2 is 1.90 bits per heavy atom. The molecule has 41 heavy (non-hydrogen) atoms. The molecule has 10 nitrogen and oxygen atoms in total. The Hall–Kier alpha value is -3.74. The molecule has 1 fully saturated rings. The number of hydrogen-bond acceptors (Lipinski definition) is 10. The van der Waals surface area contributed by atoms with E-state index in [2.05, 4.69) is 21.8 Å². The molecule has 3 aromatic rings. The number of rotatable bonds is 7. The summed E-state index contributed by atoms with van der Waals surface area (Å²) in [6, 6.07) is 11.8. The van der Waals surface area contributed by atoms with Crippen molar-refractivity contribution >= 4 is 46.5 Å². The molecule has 0 aliphatic carbocycles. The quantitative estimate of drug-likeness (QED) is 0.178. The molecule has 0 amide bonds. The zero-order valence-corrected chi connectivity index (χ0v) is 25.0. The maximum atomic E-state index is 14.1. The SMILES string of the molecule is CCOC(=O)C1=C(C)N=c2sc(=Cc3cc([N+](=O)[O-])ccc3N3CCN(C)CC3)c(=O)n2C1c1ccc(SC)cc1. The van der Waals surface area contributed by atoms with Crippen molar-refractivity contribution in [3.8, 4) is 0 Å². The Labute approximate surface area is 245 Å². The van der Waals surface area contributed by atoms with E-state index in [0.717, 1.165) is 42.3 Å². The van der Waals surface area contributed by atoms with Crippen molar-refractivity contribution in [3.63, 3.8) is 0 Å². The van der Waals surface area contributed by atoms with Gasteiger partial charge >= 0.3 is 5.97 Å². The summed E-state index contributed by atoms with van der Waals surface area (Å²) in [4.78, 5) is 49.0. The van der Waals surface area contributed by atoms with E-state index in [-0.39, 0.29) is 17.9 Å². The number of likely N-dealkylation sites (N-methyl/N-ethyl adjacent to an activating group) is 1. The molecule has 5 rings (SSSR count). The number of allylic oxidation sites excluding steroid dienone is 1. The number of carbonyl (C=O) groups is 1. The number of nitro benzene ring substituents is 1. The molecule has 1 unspecified atom stereocenters. The number of aromatic nitrogens is 1. The van der Waals surface area contributed by atoms with Gasteiger partial charge in [-0.05, 0) is 57.0 Å². The van der Waals surface area contributed by atoms with Crippen LogP contribution < -0.4 is 19.8 Å². The zero-order chi connectivity index (χ0) is 29.3. The molecule has 2 aromatic carbocycles. The van der Waals surface area contributed by atoms with Gasteiger partial charge in [0.05, 0.1) is 33.4 Å². The van der Waals surface area contributed by atoms with Crippen molar-refractivity contribution in [2.45, 2.75) is 24.8 Å². The third kappa shape index (κ3) is 5.72. The highest BCUT2D eigenvalue weighted by Crippen LogP contribution is 2.32. The van der Waals surface area contributed by atoms with Crippen molar-refractivity contribution < 1.29 is 14.5 Å². The third-order valence-corrected chi connectivity index (χ3v) is 9.03. The molecular weight excluding hydrogens is 562 g/mol. The first-order valence-corrected chi connectivity index (χ1v) is 15.3. The van der Waals surface area contributed by atoms with Crippen LogP contribution in [0.25, 0.3) is 6.08 Å². The van der Waals surface area contributed by atoms with Crippen molar-refractivity contribution in [2.75, 3.05) is 51.0 Å². The van der Waals surface area contributed by atoms with E-state index in [9.17, 15) is 19.7 Å². The van der Waals surface area contributed by atoms with Crippen LogP contribution in [0, 0.1) is 10.1 Å². The molecule has 2 aliphatic heterocycles. The average molecular weight is 594 g/mol. The molecule has 1 saturated heterocycles. The summed E-state index contributed by atoms with van der Waals surface area (Å²) in [5, 5.41) is 11.6. The first-order chi connectivity index (χ1) is 19.7. The molecule has 0 N–H and O–H groups in total. The van der Waals surface area contributed by atoms with Crippen molar-refractivity contribution in [1.82, 2.24) is 9.47 Å². The Kier molecular flexibility index (Phi) is 8.43. The second-order valence-electron chi connectivity index (χ2n) is 9.87. The van der Waals surface area contributed by atoms with Gasteiger partial charge < -0.3 is 14.5 Å². The summed E-state index contributed by atoms with van der Waals surface area (Å²) in [5.41, 5.74) is 2.63. The first kappa shape index (κ1) is 28.8. The Balaban J connectivity index is 1.69. The molecule has 12 heteroatoms. The van der Waals surface area contributed by atoms with E-state index >= 15 is 0 Å². The van der Waals surface area contributed by atoms with Crippen LogP contribution in [0.1, 0.15) is 31.0 Å². The summed E-state index contributed by atoms with van der Waals surface area (Å²) >= 11 is 2.81. The lowest BCUT2D eigenvalue weighted by molar-refractivity contribution is -0.384. The highest BCUT2D eigenvalue weighted by molar-refractivity contribution is 7.98. The van der Waals surface area contributed by atoms with E-state index in [1.165, 1.54) is 28.0 Å². The monoisotopic (exact) mass is 593 g/mol. The summed E-state index contributed by atoms with van der Waals surface area (Å²) in [6.07, 6.45) is 3.69. The predicted molar refractivity (Wildman–Crippen MR) is 161 cm³/mol. The minimum absolute atomic E-state index is 0.0471. The molecule has 3 heterocycles. The minimum Gasteiger partial charge on any atom is -0.463 e. The van der Waals surface area contributed by atoms with Gasteiger partial charge in [-0.25, -0.2) is 9.79 Å². The summed E-state index contributed by atoms with van der Waals surface area (Å²) in [7, 11) is 2.06. The summed E-state index contributed by atoms with van der Waals surface area (Å²) < 4.78 is 7.29. The van der Waals surface area contributed by atoms with Crippen molar-refractivity contribution in [3.05, 3.63) is 94.7 Å². The number of anilines is 1. The van der Waals surface area contributed by atoms with Gasteiger partial charge in [-0.2, -0.15) is 0 Å². The topological polar surface area (TPSA) is 110 Å². The smallest absolute Gasteiger partial charge is 0.338 e. The molecule has 2 aliphatic rings. The Morgan fingerprint density at radius 3 is 2.54 bits per heavy atom. The number of carbonyl (C=O) groups excluding carboxylic acids is 1. The Bertz CT molecular complexity index is 1700. The number of nitrogens with zero attached hydrogens (tertiary/aromatic N) is 5. The van der Waals surface area contributed by atoms with Crippen LogP contribution in [-0.2, 0) is 9.53 Å². The number of piperazine rings is 1. The lowest BCUT2D eigenvalue weighted by atomic mass is 9.96. The highest BCUT2D eigenvalue weighted by Gasteiger charge is 2.33. The second-order valence-corrected chi connectivity index (χ2v) is 11.8. The molecule has 1 aromatic heterocycles. The van der Waals surface area contributed by atoms with E-state index in [1.807, 2.05) is 30.5 Å². The fraction of sp³-hybridized carbons (Fsp3) is 0.345. The van der Waals surface area contributed by atoms with Gasteiger partial charge in [0.2, 0.25) is 0 Å². The predicted octanol–water partition coefficient (Wildman–Crippen LogP) is 3.18. The van der Waals surface area contributed by atoms with Crippen LogP contribution in [0.5, 0.6) is 0 Å². The largest absolute Gasteiger partial charge is 0.463 e. The van der Waals surface area contributed by atoms with Gasteiger partial charge in [-0.15, -0.1) is 11.8 Å². The van der Waals surface area contributed by atoms with Gasteiger partial charge in [0.1, 0.15) is 0 Å². The van der Waals surface area contributed by atoms with Crippen LogP contribution in [0.15, 0.2) is 68.4 Å². The number of benzene rings is 2. The number of ether oxygens (including phenoxy) is 1. The number of thiazole rings is 1. The fourth-order valence-electron chi connectivity index (χ4n) is 5.14. The minimum atomic E-state index is -0.717. The zero-order valence-electron chi connectivity index (χ0n) is 23.3. The first-order valence-electron chi connectivity index (χ1n) is 13.3. The number of hydrogen-bond donors (Lipinski definition) is 0. The molecule has 1 atom stereocenters. The lowest BCUT2D eigenvalue weighted by Crippen LogP contribution is -2.44. The van der Waals surface area contributed by atoms with Gasteiger partial charge in [0.15, 0.2) is 4.80 Å². The van der Waals surface area contributed by atoms with Gasteiger partial charge in [-0.3, -0.25) is 19.5 Å². The van der Waals surface area contributed by atoms with E-state index < -0.39 is 16.9 Å². The van der Waals surface area contributed by atoms with E-state index in [0.29, 0.717) is 26.2 Å².